The molecule has 0 aliphatic carbocycles. The number of rotatable bonds is 2. The molecule has 1 aromatic carbocycles. The van der Waals surface area contributed by atoms with Crippen LogP contribution in [0.15, 0.2) is 30.5 Å². The molecule has 1 aliphatic rings. The normalized spacial score (nSPS) is 18.0. The fourth-order valence-electron chi connectivity index (χ4n) is 2.67. The van der Waals surface area contributed by atoms with Crippen LogP contribution in [-0.2, 0) is 4.79 Å². The second-order valence-electron chi connectivity index (χ2n) is 5.31. The maximum Gasteiger partial charge on any atom is 0.226 e. The van der Waals surface area contributed by atoms with Crippen molar-refractivity contribution in [3.8, 4) is 0 Å². The van der Waals surface area contributed by atoms with Gasteiger partial charge in [0.05, 0.1) is 6.20 Å². The molecule has 20 heavy (non-hydrogen) atoms. The van der Waals surface area contributed by atoms with Crippen molar-refractivity contribution in [2.24, 2.45) is 0 Å². The summed E-state index contributed by atoms with van der Waals surface area (Å²) in [5, 5.41) is 8.01. The van der Waals surface area contributed by atoms with E-state index < -0.39 is 0 Å². The molecule has 1 unspecified atom stereocenters. The highest BCUT2D eigenvalue weighted by molar-refractivity contribution is 6.31. The molecule has 0 radical (unpaired) electrons. The third kappa shape index (κ3) is 2.10. The minimum atomic E-state index is -0.0278. The highest BCUT2D eigenvalue weighted by Crippen LogP contribution is 2.40. The lowest BCUT2D eigenvalue weighted by atomic mass is 9.87. The standard InChI is InChI=1S/C15H16ClN3O/c1-9(2)19-15-12(8-17-19)11(7-14(20)18-15)10-5-3-4-6-13(10)16/h3-6,8-9,11H,7H2,1-2H3,(H,18,20). The molecular formula is C15H16ClN3O. The Morgan fingerprint density at radius 1 is 1.35 bits per heavy atom. The summed E-state index contributed by atoms with van der Waals surface area (Å²) in [7, 11) is 0. The minimum absolute atomic E-state index is 0.00446. The first-order chi connectivity index (χ1) is 9.58. The number of aromatic nitrogens is 2. The van der Waals surface area contributed by atoms with Gasteiger partial charge in [-0.25, -0.2) is 4.68 Å². The van der Waals surface area contributed by atoms with E-state index in [1.54, 1.807) is 0 Å². The van der Waals surface area contributed by atoms with E-state index in [0.717, 1.165) is 16.9 Å². The third-order valence-electron chi connectivity index (χ3n) is 3.62. The zero-order chi connectivity index (χ0) is 14.3. The number of hydrogen-bond donors (Lipinski definition) is 1. The van der Waals surface area contributed by atoms with Crippen LogP contribution in [0.3, 0.4) is 0 Å². The Morgan fingerprint density at radius 3 is 2.80 bits per heavy atom. The molecule has 104 valence electrons. The Labute approximate surface area is 122 Å². The van der Waals surface area contributed by atoms with Crippen molar-refractivity contribution in [1.29, 1.82) is 0 Å². The average Bonchev–Trinajstić information content (AvgIpc) is 2.82. The van der Waals surface area contributed by atoms with Crippen molar-refractivity contribution in [3.05, 3.63) is 46.6 Å². The summed E-state index contributed by atoms with van der Waals surface area (Å²) in [6.45, 7) is 4.08. The number of amides is 1. The van der Waals surface area contributed by atoms with Crippen LogP contribution in [0.25, 0.3) is 0 Å². The van der Waals surface area contributed by atoms with E-state index in [1.807, 2.05) is 49.0 Å². The van der Waals surface area contributed by atoms with Crippen LogP contribution < -0.4 is 5.32 Å². The first kappa shape index (κ1) is 13.2. The van der Waals surface area contributed by atoms with Gasteiger partial charge in [0.2, 0.25) is 5.91 Å². The zero-order valence-electron chi connectivity index (χ0n) is 11.4. The number of nitrogens with one attached hydrogen (secondary N) is 1. The van der Waals surface area contributed by atoms with Crippen LogP contribution >= 0.6 is 11.6 Å². The average molecular weight is 290 g/mol. The van der Waals surface area contributed by atoms with Gasteiger partial charge < -0.3 is 5.32 Å². The Hall–Kier alpha value is -1.81. The summed E-state index contributed by atoms with van der Waals surface area (Å²) in [5.41, 5.74) is 2.01. The van der Waals surface area contributed by atoms with Crippen molar-refractivity contribution < 1.29 is 4.79 Å². The lowest BCUT2D eigenvalue weighted by Crippen LogP contribution is -2.25. The van der Waals surface area contributed by atoms with Gasteiger partial charge >= 0.3 is 0 Å². The number of carbonyl (C=O) groups is 1. The van der Waals surface area contributed by atoms with Crippen LogP contribution in [-0.4, -0.2) is 15.7 Å². The molecule has 1 amide bonds. The predicted octanol–water partition coefficient (Wildman–Crippen LogP) is 3.59. The Balaban J connectivity index is 2.12. The second kappa shape index (κ2) is 4.94. The molecule has 1 aromatic heterocycles. The number of anilines is 1. The van der Waals surface area contributed by atoms with Gasteiger partial charge in [-0.2, -0.15) is 5.10 Å². The number of fused-ring (bicyclic) bond motifs is 1. The SMILES string of the molecule is CC(C)n1ncc2c1NC(=O)CC2c1ccccc1Cl. The monoisotopic (exact) mass is 289 g/mol. The maximum atomic E-state index is 12.0. The second-order valence-corrected chi connectivity index (χ2v) is 5.72. The molecule has 2 heterocycles. The van der Waals surface area contributed by atoms with E-state index in [9.17, 15) is 4.79 Å². The lowest BCUT2D eigenvalue weighted by molar-refractivity contribution is -0.116. The van der Waals surface area contributed by atoms with E-state index in [1.165, 1.54) is 0 Å². The van der Waals surface area contributed by atoms with Gasteiger partial charge in [0.15, 0.2) is 0 Å². The fraction of sp³-hybridized carbons (Fsp3) is 0.333. The molecule has 4 nitrogen and oxygen atoms in total. The van der Waals surface area contributed by atoms with Gasteiger partial charge in [0.25, 0.3) is 0 Å². The Morgan fingerprint density at radius 2 is 2.10 bits per heavy atom. The number of nitrogens with zero attached hydrogens (tertiary/aromatic N) is 2. The molecule has 1 N–H and O–H groups in total. The van der Waals surface area contributed by atoms with Crippen molar-refractivity contribution in [1.82, 2.24) is 9.78 Å². The van der Waals surface area contributed by atoms with Crippen LogP contribution in [0.2, 0.25) is 5.02 Å². The molecule has 1 aliphatic heterocycles. The number of halogens is 1. The summed E-state index contributed by atoms with van der Waals surface area (Å²) >= 11 is 6.28. The summed E-state index contributed by atoms with van der Waals surface area (Å²) in [4.78, 5) is 12.0. The highest BCUT2D eigenvalue weighted by Gasteiger charge is 2.31. The molecule has 0 fully saturated rings. The predicted molar refractivity (Wildman–Crippen MR) is 79.2 cm³/mol. The molecule has 5 heteroatoms. The fourth-order valence-corrected chi connectivity index (χ4v) is 2.93. The topological polar surface area (TPSA) is 46.9 Å². The molecule has 0 bridgehead atoms. The summed E-state index contributed by atoms with van der Waals surface area (Å²) < 4.78 is 1.84. The van der Waals surface area contributed by atoms with E-state index in [4.69, 9.17) is 11.6 Å². The van der Waals surface area contributed by atoms with E-state index in [0.29, 0.717) is 11.4 Å². The van der Waals surface area contributed by atoms with Crippen LogP contribution in [0.4, 0.5) is 5.82 Å². The molecule has 3 rings (SSSR count). The molecule has 0 spiro atoms. The maximum absolute atomic E-state index is 12.0. The number of carbonyl (C=O) groups excluding carboxylic acids is 1. The third-order valence-corrected chi connectivity index (χ3v) is 3.96. The van der Waals surface area contributed by atoms with Gasteiger partial charge in [0.1, 0.15) is 5.82 Å². The van der Waals surface area contributed by atoms with Crippen LogP contribution in [0.1, 0.15) is 43.4 Å². The lowest BCUT2D eigenvalue weighted by Gasteiger charge is -2.25. The van der Waals surface area contributed by atoms with Crippen LogP contribution in [0, 0.1) is 0 Å². The summed E-state index contributed by atoms with van der Waals surface area (Å²) in [5.74, 6) is 0.769. The first-order valence-electron chi connectivity index (χ1n) is 6.69. The van der Waals surface area contributed by atoms with Crippen molar-refractivity contribution in [2.75, 3.05) is 5.32 Å². The number of hydrogen-bond acceptors (Lipinski definition) is 2. The van der Waals surface area contributed by atoms with E-state index in [-0.39, 0.29) is 17.9 Å². The van der Waals surface area contributed by atoms with Crippen molar-refractivity contribution >= 4 is 23.3 Å². The molecule has 0 saturated carbocycles. The number of benzene rings is 1. The Kier molecular flexibility index (Phi) is 3.26. The highest BCUT2D eigenvalue weighted by atomic mass is 35.5. The zero-order valence-corrected chi connectivity index (χ0v) is 12.2. The summed E-state index contributed by atoms with van der Waals surface area (Å²) in [6, 6.07) is 7.87. The van der Waals surface area contributed by atoms with Crippen molar-refractivity contribution in [2.45, 2.75) is 32.2 Å². The molecule has 2 aromatic rings. The summed E-state index contributed by atoms with van der Waals surface area (Å²) in [6.07, 6.45) is 2.24. The molecular weight excluding hydrogens is 274 g/mol. The van der Waals surface area contributed by atoms with E-state index >= 15 is 0 Å². The van der Waals surface area contributed by atoms with Gasteiger partial charge in [-0.15, -0.1) is 0 Å². The van der Waals surface area contributed by atoms with Gasteiger partial charge in [-0.3, -0.25) is 4.79 Å². The minimum Gasteiger partial charge on any atom is -0.311 e. The van der Waals surface area contributed by atoms with Gasteiger partial charge in [-0.05, 0) is 25.5 Å². The van der Waals surface area contributed by atoms with Gasteiger partial charge in [-0.1, -0.05) is 29.8 Å². The van der Waals surface area contributed by atoms with Crippen LogP contribution in [0.5, 0.6) is 0 Å². The van der Waals surface area contributed by atoms with Gasteiger partial charge in [0, 0.05) is 29.0 Å². The first-order valence-corrected chi connectivity index (χ1v) is 7.07. The molecule has 1 atom stereocenters. The molecule has 0 saturated heterocycles. The van der Waals surface area contributed by atoms with Crippen molar-refractivity contribution in [3.63, 3.8) is 0 Å². The van der Waals surface area contributed by atoms with E-state index in [2.05, 4.69) is 10.4 Å². The smallest absolute Gasteiger partial charge is 0.226 e. The quantitative estimate of drug-likeness (QED) is 0.918. The largest absolute Gasteiger partial charge is 0.311 e. The Bertz CT molecular complexity index is 663.